The van der Waals surface area contributed by atoms with E-state index in [-0.39, 0.29) is 6.10 Å². The van der Waals surface area contributed by atoms with Crippen LogP contribution in [0.15, 0.2) is 0 Å². The Labute approximate surface area is 127 Å². The Balaban J connectivity index is 1.66. The number of ether oxygens (including phenoxy) is 1. The minimum absolute atomic E-state index is 0.199. The molecule has 0 amide bonds. The zero-order chi connectivity index (χ0) is 15.1. The van der Waals surface area contributed by atoms with Gasteiger partial charge < -0.3 is 4.74 Å². The molecule has 1 N–H and O–H groups in total. The summed E-state index contributed by atoms with van der Waals surface area (Å²) in [6, 6.07) is 0. The van der Waals surface area contributed by atoms with E-state index >= 15 is 0 Å². The van der Waals surface area contributed by atoms with E-state index in [4.69, 9.17) is 19.8 Å². The summed E-state index contributed by atoms with van der Waals surface area (Å²) in [5, 5.41) is 8.70. The highest BCUT2D eigenvalue weighted by Crippen LogP contribution is 2.34. The van der Waals surface area contributed by atoms with Gasteiger partial charge in [-0.2, -0.15) is 0 Å². The van der Waals surface area contributed by atoms with Crippen LogP contribution in [0.3, 0.4) is 0 Å². The van der Waals surface area contributed by atoms with Gasteiger partial charge >= 0.3 is 0 Å². The van der Waals surface area contributed by atoms with E-state index in [1.54, 1.807) is 7.11 Å². The molecule has 3 unspecified atom stereocenters. The van der Waals surface area contributed by atoms with Crippen LogP contribution < -0.4 is 0 Å². The van der Waals surface area contributed by atoms with Gasteiger partial charge in [-0.3, -0.25) is 5.26 Å². The topological polar surface area (TPSA) is 57.2 Å². The van der Waals surface area contributed by atoms with Gasteiger partial charge in [0.2, 0.25) is 0 Å². The number of hydrogen-bond acceptors (Lipinski definition) is 5. The third kappa shape index (κ3) is 5.49. The minimum atomic E-state index is 0.199. The quantitative estimate of drug-likeness (QED) is 0.577. The van der Waals surface area contributed by atoms with Crippen molar-refractivity contribution in [3.63, 3.8) is 0 Å². The Morgan fingerprint density at radius 2 is 1.62 bits per heavy atom. The average Bonchev–Trinajstić information content (AvgIpc) is 2.51. The maximum absolute atomic E-state index is 8.70. The van der Waals surface area contributed by atoms with Gasteiger partial charge in [-0.1, -0.05) is 13.3 Å². The molecule has 0 aromatic carbocycles. The Kier molecular flexibility index (Phi) is 7.40. The third-order valence-corrected chi connectivity index (χ3v) is 5.13. The SMILES string of the molecule is COC1CCC(OOCC2CC(C)CCC2COO)CC1. The highest BCUT2D eigenvalue weighted by Gasteiger charge is 2.30. The normalized spacial score (nSPS) is 37.6. The predicted octanol–water partition coefficient (Wildman–Crippen LogP) is 3.43. The molecule has 0 spiro atoms. The molecule has 3 atom stereocenters. The van der Waals surface area contributed by atoms with Crippen molar-refractivity contribution < 1.29 is 24.7 Å². The van der Waals surface area contributed by atoms with Crippen molar-refractivity contribution in [2.75, 3.05) is 20.3 Å². The van der Waals surface area contributed by atoms with E-state index in [1.165, 1.54) is 6.42 Å². The fourth-order valence-electron chi connectivity index (χ4n) is 3.67. The van der Waals surface area contributed by atoms with Gasteiger partial charge in [-0.15, -0.1) is 0 Å². The summed E-state index contributed by atoms with van der Waals surface area (Å²) in [4.78, 5) is 15.5. The summed E-state index contributed by atoms with van der Waals surface area (Å²) in [5.41, 5.74) is 0. The Morgan fingerprint density at radius 1 is 0.905 bits per heavy atom. The number of rotatable bonds is 7. The van der Waals surface area contributed by atoms with Crippen LogP contribution in [0, 0.1) is 17.8 Å². The molecule has 0 aliphatic heterocycles. The lowest BCUT2D eigenvalue weighted by Crippen LogP contribution is -2.32. The van der Waals surface area contributed by atoms with Crippen molar-refractivity contribution in [3.8, 4) is 0 Å². The molecular formula is C16H30O5. The van der Waals surface area contributed by atoms with Gasteiger partial charge in [0.1, 0.15) is 0 Å². The molecule has 0 aromatic rings. The average molecular weight is 302 g/mol. The first-order valence-electron chi connectivity index (χ1n) is 8.30. The largest absolute Gasteiger partial charge is 0.381 e. The van der Waals surface area contributed by atoms with Gasteiger partial charge in [-0.25, -0.2) is 14.7 Å². The van der Waals surface area contributed by atoms with Crippen molar-refractivity contribution in [3.05, 3.63) is 0 Å². The molecule has 0 saturated heterocycles. The van der Waals surface area contributed by atoms with E-state index in [9.17, 15) is 0 Å². The molecule has 0 heterocycles. The van der Waals surface area contributed by atoms with Crippen LogP contribution in [-0.4, -0.2) is 37.8 Å². The Hall–Kier alpha value is -0.200. The number of hydrogen-bond donors (Lipinski definition) is 1. The van der Waals surface area contributed by atoms with E-state index in [0.717, 1.165) is 38.5 Å². The molecule has 2 fully saturated rings. The summed E-state index contributed by atoms with van der Waals surface area (Å²) >= 11 is 0. The second-order valence-corrected chi connectivity index (χ2v) is 6.75. The van der Waals surface area contributed by atoms with Crippen molar-refractivity contribution in [1.29, 1.82) is 0 Å². The second-order valence-electron chi connectivity index (χ2n) is 6.75. The lowest BCUT2D eigenvalue weighted by molar-refractivity contribution is -0.340. The molecule has 5 heteroatoms. The smallest absolute Gasteiger partial charge is 0.0931 e. The van der Waals surface area contributed by atoms with Gasteiger partial charge in [0.15, 0.2) is 0 Å². The van der Waals surface area contributed by atoms with Crippen LogP contribution in [0.5, 0.6) is 0 Å². The summed E-state index contributed by atoms with van der Waals surface area (Å²) in [6.45, 7) is 3.28. The summed E-state index contributed by atoms with van der Waals surface area (Å²) in [5.74, 6) is 1.50. The van der Waals surface area contributed by atoms with Crippen LogP contribution in [0.1, 0.15) is 51.9 Å². The maximum Gasteiger partial charge on any atom is 0.0931 e. The highest BCUT2D eigenvalue weighted by molar-refractivity contribution is 4.78. The molecule has 2 aliphatic carbocycles. The molecule has 0 bridgehead atoms. The first-order chi connectivity index (χ1) is 10.2. The fourth-order valence-corrected chi connectivity index (χ4v) is 3.67. The lowest BCUT2D eigenvalue weighted by Gasteiger charge is -2.34. The molecule has 0 radical (unpaired) electrons. The monoisotopic (exact) mass is 302 g/mol. The maximum atomic E-state index is 8.70. The van der Waals surface area contributed by atoms with Gasteiger partial charge in [0, 0.05) is 7.11 Å². The lowest BCUT2D eigenvalue weighted by atomic mass is 9.75. The van der Waals surface area contributed by atoms with E-state index in [0.29, 0.717) is 37.1 Å². The Bertz CT molecular complexity index is 278. The molecule has 124 valence electrons. The highest BCUT2D eigenvalue weighted by atomic mass is 17.2. The molecular weight excluding hydrogens is 272 g/mol. The van der Waals surface area contributed by atoms with E-state index in [2.05, 4.69) is 11.8 Å². The molecule has 21 heavy (non-hydrogen) atoms. The van der Waals surface area contributed by atoms with E-state index in [1.807, 2.05) is 0 Å². The molecule has 2 saturated carbocycles. The van der Waals surface area contributed by atoms with Crippen LogP contribution in [0.2, 0.25) is 0 Å². The summed E-state index contributed by atoms with van der Waals surface area (Å²) in [6.07, 6.45) is 8.10. The van der Waals surface area contributed by atoms with Crippen molar-refractivity contribution in [1.82, 2.24) is 0 Å². The van der Waals surface area contributed by atoms with Crippen molar-refractivity contribution in [2.24, 2.45) is 17.8 Å². The van der Waals surface area contributed by atoms with E-state index < -0.39 is 0 Å². The molecule has 2 aliphatic rings. The minimum Gasteiger partial charge on any atom is -0.381 e. The van der Waals surface area contributed by atoms with Gasteiger partial charge in [0.25, 0.3) is 0 Å². The molecule has 2 rings (SSSR count). The van der Waals surface area contributed by atoms with Gasteiger partial charge in [0.05, 0.1) is 25.4 Å². The molecule has 5 nitrogen and oxygen atoms in total. The zero-order valence-electron chi connectivity index (χ0n) is 13.3. The zero-order valence-corrected chi connectivity index (χ0v) is 13.3. The first-order valence-corrected chi connectivity index (χ1v) is 8.30. The predicted molar refractivity (Wildman–Crippen MR) is 78.7 cm³/mol. The Morgan fingerprint density at radius 3 is 2.29 bits per heavy atom. The second kappa shape index (κ2) is 9.06. The third-order valence-electron chi connectivity index (χ3n) is 5.13. The van der Waals surface area contributed by atoms with Crippen LogP contribution in [-0.2, 0) is 19.4 Å². The van der Waals surface area contributed by atoms with Gasteiger partial charge in [-0.05, 0) is 56.3 Å². The van der Waals surface area contributed by atoms with Crippen molar-refractivity contribution >= 4 is 0 Å². The standard InChI is InChI=1S/C16H30O5/c1-12-3-4-13(10-19-17)14(9-12)11-20-21-16-7-5-15(18-2)6-8-16/h12-17H,3-11H2,1-2H3. The van der Waals surface area contributed by atoms with Crippen LogP contribution >= 0.6 is 0 Å². The molecule has 0 aromatic heterocycles. The van der Waals surface area contributed by atoms with Crippen LogP contribution in [0.4, 0.5) is 0 Å². The summed E-state index contributed by atoms with van der Waals surface area (Å²) < 4.78 is 5.36. The fraction of sp³-hybridized carbons (Fsp3) is 1.00. The van der Waals surface area contributed by atoms with Crippen LogP contribution in [0.25, 0.3) is 0 Å². The van der Waals surface area contributed by atoms with Crippen molar-refractivity contribution in [2.45, 2.75) is 64.1 Å². The first kappa shape index (κ1) is 17.2. The summed E-state index contributed by atoms with van der Waals surface area (Å²) in [7, 11) is 1.77. The number of methoxy groups -OCH3 is 1.